The van der Waals surface area contributed by atoms with Crippen LogP contribution in [0.1, 0.15) is 141 Å². The number of carbonyl (C=O) groups is 3. The molecule has 0 atom stereocenters. The molecule has 0 aromatic heterocycles. The zero-order valence-electron chi connectivity index (χ0n) is 35.3. The number of carbonyl (C=O) groups excluding carboxylic acids is 3. The van der Waals surface area contributed by atoms with Crippen molar-refractivity contribution in [2.45, 2.75) is 110 Å². The van der Waals surface area contributed by atoms with E-state index in [0.717, 1.165) is 48.3 Å². The van der Waals surface area contributed by atoms with Gasteiger partial charge in [-0.3, -0.25) is 0 Å². The van der Waals surface area contributed by atoms with Gasteiger partial charge in [0.2, 0.25) is 0 Å². The van der Waals surface area contributed by atoms with Gasteiger partial charge in [0.1, 0.15) is 28.7 Å². The minimum Gasteiger partial charge on any atom is -0.494 e. The van der Waals surface area contributed by atoms with Gasteiger partial charge in [-0.2, -0.15) is 0 Å². The molecule has 0 radical (unpaired) electrons. The van der Waals surface area contributed by atoms with Crippen molar-refractivity contribution in [3.8, 4) is 39.9 Å². The number of rotatable bonds is 26. The van der Waals surface area contributed by atoms with Gasteiger partial charge in [0.05, 0.1) is 29.9 Å². The van der Waals surface area contributed by atoms with Crippen LogP contribution >= 0.6 is 0 Å². The minimum absolute atomic E-state index is 0.300. The average molecular weight is 813 g/mol. The normalized spacial score (nSPS) is 10.8. The fourth-order valence-electron chi connectivity index (χ4n) is 6.63. The zero-order chi connectivity index (χ0) is 42.2. The Bertz CT molecular complexity index is 2020. The van der Waals surface area contributed by atoms with Gasteiger partial charge in [-0.15, -0.1) is 0 Å². The molecule has 5 aromatic rings. The molecule has 0 heterocycles. The highest BCUT2D eigenvalue weighted by atomic mass is 16.5. The van der Waals surface area contributed by atoms with Gasteiger partial charge in [-0.05, 0) is 121 Å². The highest BCUT2D eigenvalue weighted by molar-refractivity contribution is 5.93. The van der Waals surface area contributed by atoms with E-state index < -0.39 is 17.9 Å². The van der Waals surface area contributed by atoms with Crippen molar-refractivity contribution < 1.29 is 38.1 Å². The number of ether oxygens (including phenoxy) is 5. The molecule has 0 N–H and O–H groups in total. The summed E-state index contributed by atoms with van der Waals surface area (Å²) in [6.07, 6.45) is 19.0. The van der Waals surface area contributed by atoms with Gasteiger partial charge in [0.15, 0.2) is 0 Å². The number of benzene rings is 5. The van der Waals surface area contributed by atoms with Crippen molar-refractivity contribution in [2.24, 2.45) is 0 Å². The summed E-state index contributed by atoms with van der Waals surface area (Å²) in [5, 5.41) is 0. The van der Waals surface area contributed by atoms with E-state index in [2.05, 4.69) is 13.8 Å². The predicted molar refractivity (Wildman–Crippen MR) is 238 cm³/mol. The van der Waals surface area contributed by atoms with Gasteiger partial charge in [-0.25, -0.2) is 14.4 Å². The Morgan fingerprint density at radius 3 is 1.20 bits per heavy atom. The molecule has 0 saturated heterocycles. The molecule has 0 fully saturated rings. The first-order valence-corrected chi connectivity index (χ1v) is 21.8. The van der Waals surface area contributed by atoms with Crippen LogP contribution in [0.3, 0.4) is 0 Å². The lowest BCUT2D eigenvalue weighted by Crippen LogP contribution is -2.10. The Balaban J connectivity index is 0.992. The van der Waals surface area contributed by atoms with Crippen LogP contribution in [0.25, 0.3) is 11.1 Å². The maximum atomic E-state index is 12.9. The SMILES string of the molecule is CCCCCCCCCCCCCCCOc1ccc(C(=O)Oc2ccc(C(=O)Oc3ccc(-c4cccc(C(=O)Oc5ccc(OCCCC)cc5)c4)cc3)cc2)cc1. The third kappa shape index (κ3) is 15.7. The van der Waals surface area contributed by atoms with E-state index in [-0.39, 0.29) is 0 Å². The van der Waals surface area contributed by atoms with Gasteiger partial charge < -0.3 is 23.7 Å². The standard InChI is InChI=1S/C52H60O8/c1-3-5-7-8-9-10-11-12-13-14-15-16-17-38-57-45-27-23-41(24-28-45)50(53)59-48-31-25-42(26-32-48)51(54)58-47-29-21-40(22-30-47)43-19-18-20-44(39-43)52(55)60-49-35-33-46(34-36-49)56-37-6-4-2/h18-36,39H,3-17,37-38H2,1-2H3. The Morgan fingerprint density at radius 1 is 0.350 bits per heavy atom. The summed E-state index contributed by atoms with van der Waals surface area (Å²) in [6, 6.07) is 34.3. The third-order valence-electron chi connectivity index (χ3n) is 10.2. The van der Waals surface area contributed by atoms with Crippen LogP contribution in [0.2, 0.25) is 0 Å². The van der Waals surface area contributed by atoms with Crippen molar-refractivity contribution in [2.75, 3.05) is 13.2 Å². The number of hydrogen-bond donors (Lipinski definition) is 0. The first-order valence-electron chi connectivity index (χ1n) is 21.8. The molecule has 5 rings (SSSR count). The van der Waals surface area contributed by atoms with Gasteiger partial charge in [0.25, 0.3) is 0 Å². The summed E-state index contributed by atoms with van der Waals surface area (Å²) in [4.78, 5) is 38.6. The average Bonchev–Trinajstić information content (AvgIpc) is 3.28. The van der Waals surface area contributed by atoms with E-state index in [4.69, 9.17) is 23.7 Å². The second-order valence-electron chi connectivity index (χ2n) is 15.1. The van der Waals surface area contributed by atoms with Crippen molar-refractivity contribution in [3.05, 3.63) is 138 Å². The summed E-state index contributed by atoms with van der Waals surface area (Å²) in [7, 11) is 0. The second kappa shape index (κ2) is 25.6. The monoisotopic (exact) mass is 812 g/mol. The van der Waals surface area contributed by atoms with E-state index in [0.29, 0.717) is 47.2 Å². The number of hydrogen-bond acceptors (Lipinski definition) is 8. The fourth-order valence-corrected chi connectivity index (χ4v) is 6.63. The van der Waals surface area contributed by atoms with Crippen molar-refractivity contribution >= 4 is 17.9 Å². The van der Waals surface area contributed by atoms with Crippen LogP contribution in [0.4, 0.5) is 0 Å². The molecular weight excluding hydrogens is 753 g/mol. The zero-order valence-corrected chi connectivity index (χ0v) is 35.3. The van der Waals surface area contributed by atoms with Crippen molar-refractivity contribution in [3.63, 3.8) is 0 Å². The van der Waals surface area contributed by atoms with Crippen LogP contribution in [0, 0.1) is 0 Å². The Hall–Kier alpha value is -5.89. The summed E-state index contributed by atoms with van der Waals surface area (Å²) in [6.45, 7) is 5.67. The maximum absolute atomic E-state index is 12.9. The minimum atomic E-state index is -0.555. The largest absolute Gasteiger partial charge is 0.494 e. The summed E-state index contributed by atoms with van der Waals surface area (Å²) < 4.78 is 28.3. The summed E-state index contributed by atoms with van der Waals surface area (Å²) >= 11 is 0. The summed E-state index contributed by atoms with van der Waals surface area (Å²) in [5.41, 5.74) is 2.73. The lowest BCUT2D eigenvalue weighted by Gasteiger charge is -2.09. The summed E-state index contributed by atoms with van der Waals surface area (Å²) in [5.74, 6) is 1.01. The molecule has 8 heteroatoms. The van der Waals surface area contributed by atoms with E-state index >= 15 is 0 Å². The molecule has 0 spiro atoms. The first kappa shape index (κ1) is 45.2. The highest BCUT2D eigenvalue weighted by Gasteiger charge is 2.14. The molecule has 60 heavy (non-hydrogen) atoms. The molecular formula is C52H60O8. The lowest BCUT2D eigenvalue weighted by molar-refractivity contribution is 0.0723. The van der Waals surface area contributed by atoms with Crippen LogP contribution in [-0.4, -0.2) is 31.1 Å². The second-order valence-corrected chi connectivity index (χ2v) is 15.1. The molecule has 0 unspecified atom stereocenters. The number of esters is 3. The first-order chi connectivity index (χ1) is 29.4. The van der Waals surface area contributed by atoms with Crippen molar-refractivity contribution in [1.82, 2.24) is 0 Å². The molecule has 0 aliphatic heterocycles. The molecule has 0 saturated carbocycles. The van der Waals surface area contributed by atoms with Gasteiger partial charge in [0, 0.05) is 0 Å². The molecule has 0 aliphatic rings. The molecule has 0 bridgehead atoms. The van der Waals surface area contributed by atoms with E-state index in [1.165, 1.54) is 70.6 Å². The molecule has 5 aromatic carbocycles. The predicted octanol–water partition coefficient (Wildman–Crippen LogP) is 13.7. The van der Waals surface area contributed by atoms with E-state index in [9.17, 15) is 14.4 Å². The van der Waals surface area contributed by atoms with Crippen LogP contribution in [0.5, 0.6) is 28.7 Å². The third-order valence-corrected chi connectivity index (χ3v) is 10.2. The smallest absolute Gasteiger partial charge is 0.343 e. The topological polar surface area (TPSA) is 97.4 Å². The number of unbranched alkanes of at least 4 members (excludes halogenated alkanes) is 13. The Kier molecular flexibility index (Phi) is 19.3. The fraction of sp³-hybridized carbons (Fsp3) is 0.365. The molecule has 8 nitrogen and oxygen atoms in total. The van der Waals surface area contributed by atoms with Crippen LogP contribution in [0.15, 0.2) is 121 Å². The quantitative estimate of drug-likeness (QED) is 0.0309. The van der Waals surface area contributed by atoms with Gasteiger partial charge >= 0.3 is 17.9 Å². The molecule has 316 valence electrons. The van der Waals surface area contributed by atoms with Crippen molar-refractivity contribution in [1.29, 1.82) is 0 Å². The van der Waals surface area contributed by atoms with Crippen LogP contribution < -0.4 is 23.7 Å². The van der Waals surface area contributed by atoms with E-state index in [1.807, 2.05) is 18.2 Å². The maximum Gasteiger partial charge on any atom is 0.343 e. The molecule has 0 amide bonds. The van der Waals surface area contributed by atoms with E-state index in [1.54, 1.807) is 103 Å². The molecule has 0 aliphatic carbocycles. The van der Waals surface area contributed by atoms with Gasteiger partial charge in [-0.1, -0.05) is 122 Å². The highest BCUT2D eigenvalue weighted by Crippen LogP contribution is 2.26. The Labute approximate surface area is 356 Å². The Morgan fingerprint density at radius 2 is 0.717 bits per heavy atom. The lowest BCUT2D eigenvalue weighted by atomic mass is 10.0. The van der Waals surface area contributed by atoms with Crippen LogP contribution in [-0.2, 0) is 0 Å².